The molecule has 0 N–H and O–H groups in total. The van der Waals surface area contributed by atoms with Crippen LogP contribution in [0.4, 0.5) is 0 Å². The number of hydrogen-bond donors (Lipinski definition) is 0. The summed E-state index contributed by atoms with van der Waals surface area (Å²) in [5.74, 6) is 2.48. The summed E-state index contributed by atoms with van der Waals surface area (Å²) in [7, 11) is -2.05. The molecule has 0 aliphatic rings. The Morgan fingerprint density at radius 3 is 1.75 bits per heavy atom. The number of benzene rings is 3. The molecule has 0 amide bonds. The number of ether oxygens (including phenoxy) is 1. The van der Waals surface area contributed by atoms with E-state index in [4.69, 9.17) is 13.8 Å². The second-order valence-electron chi connectivity index (χ2n) is 5.79. The molecule has 4 nitrogen and oxygen atoms in total. The van der Waals surface area contributed by atoms with E-state index in [9.17, 15) is 4.57 Å². The van der Waals surface area contributed by atoms with E-state index in [2.05, 4.69) is 0 Å². The molecule has 0 heterocycles. The highest BCUT2D eigenvalue weighted by atomic mass is 32.2. The van der Waals surface area contributed by atoms with Crippen molar-refractivity contribution in [2.45, 2.75) is 4.90 Å². The van der Waals surface area contributed by atoms with Crippen molar-refractivity contribution in [3.05, 3.63) is 102 Å². The monoisotopic (exact) mass is 412 g/mol. The third-order valence-corrected chi connectivity index (χ3v) is 6.27. The van der Waals surface area contributed by atoms with Crippen LogP contribution in [0.1, 0.15) is 0 Å². The summed E-state index contributed by atoms with van der Waals surface area (Å²) in [6.07, 6.45) is 0. The van der Waals surface area contributed by atoms with Gasteiger partial charge in [0, 0.05) is 16.9 Å². The van der Waals surface area contributed by atoms with Crippen molar-refractivity contribution in [2.75, 3.05) is 13.7 Å². The number of para-hydroxylation sites is 2. The fourth-order valence-electron chi connectivity index (χ4n) is 2.38. The molecule has 3 rings (SSSR count). The Labute approximate surface area is 169 Å². The van der Waals surface area contributed by atoms with Crippen LogP contribution >= 0.6 is 19.4 Å². The molecule has 0 fully saturated rings. The molecule has 0 aromatic heterocycles. The van der Waals surface area contributed by atoms with Gasteiger partial charge in [-0.05, 0) is 36.4 Å². The van der Waals surface area contributed by atoms with Crippen LogP contribution in [-0.2, 0) is 9.30 Å². The lowest BCUT2D eigenvalue weighted by molar-refractivity contribution is 0.231. The third-order valence-electron chi connectivity index (χ3n) is 3.53. The van der Waals surface area contributed by atoms with Crippen LogP contribution in [0, 0.1) is 0 Å². The minimum atomic E-state index is -3.65. The average Bonchev–Trinajstić information content (AvgIpc) is 2.70. The van der Waals surface area contributed by atoms with Crippen molar-refractivity contribution < 1.29 is 18.3 Å². The summed E-state index contributed by atoms with van der Waals surface area (Å²) in [6, 6.07) is 27.8. The summed E-state index contributed by atoms with van der Waals surface area (Å²) in [6.45, 7) is 0.292. The van der Waals surface area contributed by atoms with Crippen LogP contribution in [0.3, 0.4) is 0 Å². The fourth-order valence-corrected chi connectivity index (χ4v) is 5.15. The number of methoxy groups -OCH3 is 1. The molecule has 0 saturated carbocycles. The van der Waals surface area contributed by atoms with Gasteiger partial charge >= 0.3 is 7.60 Å². The molecule has 28 heavy (non-hydrogen) atoms. The molecular weight excluding hydrogens is 391 g/mol. The van der Waals surface area contributed by atoms with E-state index in [1.807, 2.05) is 66.7 Å². The predicted octanol–water partition coefficient (Wildman–Crippen LogP) is 6.62. The first kappa shape index (κ1) is 20.3. The van der Waals surface area contributed by atoms with Crippen LogP contribution in [0.2, 0.25) is 0 Å². The van der Waals surface area contributed by atoms with Gasteiger partial charge in [-0.2, -0.15) is 0 Å². The molecule has 0 atom stereocenters. The Bertz CT molecular complexity index is 885. The topological polar surface area (TPSA) is 44.8 Å². The molecular formula is C22H21O4PS. The number of rotatable bonds is 9. The van der Waals surface area contributed by atoms with E-state index in [-0.39, 0.29) is 0 Å². The maximum atomic E-state index is 13.6. The van der Waals surface area contributed by atoms with Gasteiger partial charge in [-0.15, -0.1) is 0 Å². The standard InChI is InChI=1S/C22H21O4PS/c1-24-17-22(28-21-15-9-4-10-16-21)18-27(23,25-19-11-5-2-6-12-19)26-20-13-7-3-8-14-20/h2-16,18H,17H2,1H3/b22-18-. The smallest absolute Gasteiger partial charge is 0.413 e. The highest BCUT2D eigenvalue weighted by molar-refractivity contribution is 8.03. The first-order valence-electron chi connectivity index (χ1n) is 8.69. The zero-order chi connectivity index (χ0) is 19.7. The highest BCUT2D eigenvalue weighted by Gasteiger charge is 2.27. The lowest BCUT2D eigenvalue weighted by Crippen LogP contribution is -2.01. The number of hydrogen-bond acceptors (Lipinski definition) is 5. The quantitative estimate of drug-likeness (QED) is 0.292. The largest absolute Gasteiger partial charge is 0.456 e. The second-order valence-corrected chi connectivity index (χ2v) is 8.69. The Morgan fingerprint density at radius 1 is 0.821 bits per heavy atom. The van der Waals surface area contributed by atoms with E-state index in [0.717, 1.165) is 9.80 Å². The minimum absolute atomic E-state index is 0.292. The average molecular weight is 412 g/mol. The summed E-state index contributed by atoms with van der Waals surface area (Å²) in [4.78, 5) is 1.75. The molecule has 0 aliphatic heterocycles. The highest BCUT2D eigenvalue weighted by Crippen LogP contribution is 2.52. The van der Waals surface area contributed by atoms with Crippen molar-refractivity contribution >= 4 is 19.4 Å². The van der Waals surface area contributed by atoms with Gasteiger partial charge in [0.1, 0.15) is 11.5 Å². The first-order valence-corrected chi connectivity index (χ1v) is 11.1. The molecule has 0 spiro atoms. The Hall–Kier alpha value is -2.46. The van der Waals surface area contributed by atoms with E-state index < -0.39 is 7.60 Å². The molecule has 0 aliphatic carbocycles. The second kappa shape index (κ2) is 10.2. The van der Waals surface area contributed by atoms with Gasteiger partial charge in [0.2, 0.25) is 0 Å². The predicted molar refractivity (Wildman–Crippen MR) is 114 cm³/mol. The van der Waals surface area contributed by atoms with Crippen LogP contribution in [-0.4, -0.2) is 13.7 Å². The molecule has 0 radical (unpaired) electrons. The van der Waals surface area contributed by atoms with Crippen molar-refractivity contribution in [2.24, 2.45) is 0 Å². The zero-order valence-electron chi connectivity index (χ0n) is 15.4. The summed E-state index contributed by atoms with van der Waals surface area (Å²) in [5.41, 5.74) is 0. The summed E-state index contributed by atoms with van der Waals surface area (Å²) in [5, 5.41) is 0. The van der Waals surface area contributed by atoms with Gasteiger partial charge in [-0.25, -0.2) is 4.57 Å². The summed E-state index contributed by atoms with van der Waals surface area (Å²) < 4.78 is 30.6. The maximum absolute atomic E-state index is 13.6. The maximum Gasteiger partial charge on any atom is 0.456 e. The third kappa shape index (κ3) is 6.31. The fraction of sp³-hybridized carbons (Fsp3) is 0.0909. The molecule has 144 valence electrons. The van der Waals surface area contributed by atoms with Crippen molar-refractivity contribution in [1.29, 1.82) is 0 Å². The lowest BCUT2D eigenvalue weighted by Gasteiger charge is -2.18. The van der Waals surface area contributed by atoms with Crippen LogP contribution in [0.15, 0.2) is 107 Å². The molecule has 3 aromatic carbocycles. The van der Waals surface area contributed by atoms with E-state index in [1.165, 1.54) is 17.6 Å². The van der Waals surface area contributed by atoms with Crippen LogP contribution in [0.5, 0.6) is 11.5 Å². The van der Waals surface area contributed by atoms with Gasteiger partial charge in [-0.3, -0.25) is 0 Å². The summed E-state index contributed by atoms with van der Waals surface area (Å²) >= 11 is 1.47. The Kier molecular flexibility index (Phi) is 7.38. The van der Waals surface area contributed by atoms with E-state index >= 15 is 0 Å². The molecule has 0 saturated heterocycles. The van der Waals surface area contributed by atoms with Gasteiger partial charge in [-0.1, -0.05) is 66.4 Å². The molecule has 3 aromatic rings. The Morgan fingerprint density at radius 2 is 1.29 bits per heavy atom. The van der Waals surface area contributed by atoms with Crippen molar-refractivity contribution in [1.82, 2.24) is 0 Å². The molecule has 0 bridgehead atoms. The van der Waals surface area contributed by atoms with Gasteiger partial charge in [0.15, 0.2) is 0 Å². The SMILES string of the molecule is COC/C(=C/P(=O)(Oc1ccccc1)Oc1ccccc1)Sc1ccccc1. The van der Waals surface area contributed by atoms with Crippen molar-refractivity contribution in [3.8, 4) is 11.5 Å². The minimum Gasteiger partial charge on any atom is -0.413 e. The van der Waals surface area contributed by atoms with Crippen molar-refractivity contribution in [3.63, 3.8) is 0 Å². The van der Waals surface area contributed by atoms with Crippen LogP contribution in [0.25, 0.3) is 0 Å². The first-order chi connectivity index (χ1) is 13.7. The van der Waals surface area contributed by atoms with Crippen LogP contribution < -0.4 is 9.05 Å². The number of thioether (sulfide) groups is 1. The molecule has 0 unspecified atom stereocenters. The zero-order valence-corrected chi connectivity index (χ0v) is 17.1. The van der Waals surface area contributed by atoms with Gasteiger partial charge < -0.3 is 13.8 Å². The Balaban J connectivity index is 1.92. The normalized spacial score (nSPS) is 11.8. The van der Waals surface area contributed by atoms with E-state index in [1.54, 1.807) is 31.4 Å². The molecule has 6 heteroatoms. The van der Waals surface area contributed by atoms with Gasteiger partial charge in [0.25, 0.3) is 0 Å². The van der Waals surface area contributed by atoms with Gasteiger partial charge in [0.05, 0.1) is 12.4 Å². The van der Waals surface area contributed by atoms with E-state index in [0.29, 0.717) is 18.1 Å². The lowest BCUT2D eigenvalue weighted by atomic mass is 10.3.